The van der Waals surface area contributed by atoms with E-state index in [9.17, 15) is 0 Å². The van der Waals surface area contributed by atoms with E-state index >= 15 is 0 Å². The lowest BCUT2D eigenvalue weighted by Gasteiger charge is -2.21. The lowest BCUT2D eigenvalue weighted by atomic mass is 9.93. The van der Waals surface area contributed by atoms with Gasteiger partial charge in [-0.05, 0) is 42.7 Å². The fourth-order valence-electron chi connectivity index (χ4n) is 3.32. The van der Waals surface area contributed by atoms with Crippen LogP contribution < -0.4 is 9.47 Å². The van der Waals surface area contributed by atoms with Crippen molar-refractivity contribution in [2.45, 2.75) is 25.0 Å². The van der Waals surface area contributed by atoms with Crippen LogP contribution in [0.15, 0.2) is 67.6 Å². The number of rotatable bonds is 6. The van der Waals surface area contributed by atoms with Gasteiger partial charge in [0.1, 0.15) is 0 Å². The average Bonchev–Trinajstić information content (AvgIpc) is 3.26. The molecule has 26 heavy (non-hydrogen) atoms. The summed E-state index contributed by atoms with van der Waals surface area (Å²) in [7, 11) is 1.93. The summed E-state index contributed by atoms with van der Waals surface area (Å²) >= 11 is 0. The molecular formula is C21H21N3O2. The molecule has 0 N–H and O–H groups in total. The number of hydrogen-bond acceptors (Lipinski definition) is 4. The van der Waals surface area contributed by atoms with Gasteiger partial charge < -0.3 is 9.47 Å². The Morgan fingerprint density at radius 3 is 2.50 bits per heavy atom. The summed E-state index contributed by atoms with van der Waals surface area (Å²) in [5.74, 6) is 1.55. The molecule has 1 unspecified atom stereocenters. The van der Waals surface area contributed by atoms with Gasteiger partial charge in [0, 0.05) is 31.2 Å². The minimum absolute atomic E-state index is 0.00948. The van der Waals surface area contributed by atoms with Crippen LogP contribution in [-0.2, 0) is 7.05 Å². The van der Waals surface area contributed by atoms with Crippen LogP contribution in [-0.4, -0.2) is 21.1 Å². The lowest BCUT2D eigenvalue weighted by molar-refractivity contribution is 0.0203. The van der Waals surface area contributed by atoms with Crippen molar-refractivity contribution >= 4 is 0 Å². The number of allylic oxidation sites excluding steroid dienone is 1. The van der Waals surface area contributed by atoms with E-state index in [1.54, 1.807) is 12.4 Å². The summed E-state index contributed by atoms with van der Waals surface area (Å²) in [4.78, 5) is 4.12. The zero-order chi connectivity index (χ0) is 17.9. The molecular weight excluding hydrogens is 326 g/mol. The van der Waals surface area contributed by atoms with Gasteiger partial charge in [-0.25, -0.2) is 0 Å². The van der Waals surface area contributed by atoms with E-state index in [1.807, 2.05) is 60.4 Å². The smallest absolute Gasteiger partial charge is 0.249 e. The highest BCUT2D eigenvalue weighted by atomic mass is 16.7. The maximum absolute atomic E-state index is 6.10. The van der Waals surface area contributed by atoms with Crippen LogP contribution in [0.1, 0.15) is 24.5 Å². The number of ether oxygens (including phenoxy) is 2. The molecule has 0 saturated heterocycles. The molecule has 3 heterocycles. The summed E-state index contributed by atoms with van der Waals surface area (Å²) < 4.78 is 14.0. The van der Waals surface area contributed by atoms with Crippen molar-refractivity contribution in [3.05, 3.63) is 73.3 Å². The number of benzene rings is 1. The highest BCUT2D eigenvalue weighted by Crippen LogP contribution is 2.41. The number of hydrogen-bond donors (Lipinski definition) is 0. The molecule has 1 aromatic carbocycles. The van der Waals surface area contributed by atoms with Gasteiger partial charge in [-0.2, -0.15) is 5.10 Å². The SMILES string of the molecule is C=CCCC(c1nn(C)cc1-c1ccncc1)C1Oc2ccccc2O1. The summed E-state index contributed by atoms with van der Waals surface area (Å²) in [5.41, 5.74) is 3.13. The average molecular weight is 347 g/mol. The van der Waals surface area contributed by atoms with E-state index in [0.717, 1.165) is 41.2 Å². The van der Waals surface area contributed by atoms with Gasteiger partial charge in [0.2, 0.25) is 6.29 Å². The Morgan fingerprint density at radius 2 is 1.85 bits per heavy atom. The van der Waals surface area contributed by atoms with E-state index in [2.05, 4.69) is 11.6 Å². The monoisotopic (exact) mass is 347 g/mol. The molecule has 0 bridgehead atoms. The Bertz CT molecular complexity index is 880. The Kier molecular flexibility index (Phi) is 4.44. The molecule has 0 saturated carbocycles. The van der Waals surface area contributed by atoms with Crippen molar-refractivity contribution in [2.75, 3.05) is 0 Å². The standard InChI is InChI=1S/C21H21N3O2/c1-3-4-7-16(21-25-18-8-5-6-9-19(18)26-21)20-17(14-24(2)23-20)15-10-12-22-13-11-15/h3,5-6,8-14,16,21H,1,4,7H2,2H3. The molecule has 1 atom stereocenters. The topological polar surface area (TPSA) is 49.2 Å². The van der Waals surface area contributed by atoms with Crippen molar-refractivity contribution in [3.8, 4) is 22.6 Å². The molecule has 5 nitrogen and oxygen atoms in total. The van der Waals surface area contributed by atoms with Crippen LogP contribution in [0.3, 0.4) is 0 Å². The molecule has 0 spiro atoms. The van der Waals surface area contributed by atoms with Crippen LogP contribution >= 0.6 is 0 Å². The molecule has 2 aromatic heterocycles. The molecule has 0 radical (unpaired) electrons. The first-order chi connectivity index (χ1) is 12.8. The third-order valence-corrected chi connectivity index (χ3v) is 4.55. The van der Waals surface area contributed by atoms with Crippen molar-refractivity contribution in [2.24, 2.45) is 7.05 Å². The summed E-state index contributed by atoms with van der Waals surface area (Å²) in [6, 6.07) is 11.8. The minimum Gasteiger partial charge on any atom is -0.450 e. The Morgan fingerprint density at radius 1 is 1.15 bits per heavy atom. The predicted octanol–water partition coefficient (Wildman–Crippen LogP) is 4.33. The van der Waals surface area contributed by atoms with Gasteiger partial charge in [-0.3, -0.25) is 9.67 Å². The van der Waals surface area contributed by atoms with Crippen LogP contribution in [0.2, 0.25) is 0 Å². The lowest BCUT2D eigenvalue weighted by Crippen LogP contribution is -2.28. The fraction of sp³-hybridized carbons (Fsp3) is 0.238. The quantitative estimate of drug-likeness (QED) is 0.623. The van der Waals surface area contributed by atoms with Gasteiger partial charge in [0.15, 0.2) is 11.5 Å². The normalized spacial score (nSPS) is 14.3. The van der Waals surface area contributed by atoms with Crippen LogP contribution in [0, 0.1) is 0 Å². The van der Waals surface area contributed by atoms with Gasteiger partial charge >= 0.3 is 0 Å². The number of fused-ring (bicyclic) bond motifs is 1. The van der Waals surface area contributed by atoms with E-state index in [4.69, 9.17) is 14.6 Å². The molecule has 1 aliphatic rings. The fourth-order valence-corrected chi connectivity index (χ4v) is 3.32. The third-order valence-electron chi connectivity index (χ3n) is 4.55. The molecule has 3 aromatic rings. The second-order valence-electron chi connectivity index (χ2n) is 6.36. The van der Waals surface area contributed by atoms with Crippen LogP contribution in [0.25, 0.3) is 11.1 Å². The second kappa shape index (κ2) is 7.04. The third kappa shape index (κ3) is 3.08. The molecule has 5 heteroatoms. The highest BCUT2D eigenvalue weighted by Gasteiger charge is 2.35. The van der Waals surface area contributed by atoms with Crippen molar-refractivity contribution in [1.29, 1.82) is 0 Å². The maximum Gasteiger partial charge on any atom is 0.249 e. The highest BCUT2D eigenvalue weighted by molar-refractivity contribution is 5.65. The van der Waals surface area contributed by atoms with Gasteiger partial charge in [-0.15, -0.1) is 6.58 Å². The van der Waals surface area contributed by atoms with Gasteiger partial charge in [0.05, 0.1) is 11.6 Å². The van der Waals surface area contributed by atoms with E-state index < -0.39 is 6.29 Å². The number of pyridine rings is 1. The molecule has 0 amide bonds. The number of aromatic nitrogens is 3. The Balaban J connectivity index is 1.71. The first-order valence-corrected chi connectivity index (χ1v) is 8.73. The molecule has 1 aliphatic heterocycles. The summed E-state index contributed by atoms with van der Waals surface area (Å²) in [6.45, 7) is 3.86. The largest absolute Gasteiger partial charge is 0.450 e. The zero-order valence-electron chi connectivity index (χ0n) is 14.7. The predicted molar refractivity (Wildman–Crippen MR) is 100 cm³/mol. The maximum atomic E-state index is 6.10. The molecule has 0 aliphatic carbocycles. The van der Waals surface area contributed by atoms with E-state index in [0.29, 0.717) is 0 Å². The number of para-hydroxylation sites is 2. The number of aryl methyl sites for hydroxylation is 1. The summed E-state index contributed by atoms with van der Waals surface area (Å²) in [5, 5.41) is 4.75. The van der Waals surface area contributed by atoms with Gasteiger partial charge in [0.25, 0.3) is 0 Å². The van der Waals surface area contributed by atoms with Crippen molar-refractivity contribution in [1.82, 2.24) is 14.8 Å². The first-order valence-electron chi connectivity index (χ1n) is 8.73. The number of nitrogens with zero attached hydrogens (tertiary/aromatic N) is 3. The van der Waals surface area contributed by atoms with Gasteiger partial charge in [-0.1, -0.05) is 18.2 Å². The van der Waals surface area contributed by atoms with Crippen LogP contribution in [0.5, 0.6) is 11.5 Å². The Hall–Kier alpha value is -3.08. The second-order valence-corrected chi connectivity index (χ2v) is 6.36. The van der Waals surface area contributed by atoms with Crippen molar-refractivity contribution < 1.29 is 9.47 Å². The summed E-state index contributed by atoms with van der Waals surface area (Å²) in [6.07, 6.45) is 8.85. The van der Waals surface area contributed by atoms with E-state index in [1.165, 1.54) is 0 Å². The molecule has 4 rings (SSSR count). The van der Waals surface area contributed by atoms with Crippen LogP contribution in [0.4, 0.5) is 0 Å². The zero-order valence-corrected chi connectivity index (χ0v) is 14.7. The Labute approximate surface area is 152 Å². The molecule has 0 fully saturated rings. The van der Waals surface area contributed by atoms with E-state index in [-0.39, 0.29) is 5.92 Å². The first kappa shape index (κ1) is 16.4. The van der Waals surface area contributed by atoms with Crippen molar-refractivity contribution in [3.63, 3.8) is 0 Å². The molecule has 132 valence electrons. The minimum atomic E-state index is -0.400.